The Labute approximate surface area is 173 Å². The smallest absolute Gasteiger partial charge is 0.303 e. The number of benzene rings is 1. The number of carboxylic acids is 1. The fourth-order valence-electron chi connectivity index (χ4n) is 5.01. The molecule has 0 saturated carbocycles. The van der Waals surface area contributed by atoms with E-state index >= 15 is 0 Å². The zero-order valence-electron chi connectivity index (χ0n) is 17.5. The van der Waals surface area contributed by atoms with Crippen LogP contribution in [0.3, 0.4) is 0 Å². The van der Waals surface area contributed by atoms with Gasteiger partial charge in [-0.25, -0.2) is 0 Å². The molecule has 2 aliphatic heterocycles. The van der Waals surface area contributed by atoms with Gasteiger partial charge in [-0.3, -0.25) is 14.7 Å². The summed E-state index contributed by atoms with van der Waals surface area (Å²) in [7, 11) is 2.18. The number of carbonyl (C=O) groups is 1. The molecule has 2 saturated heterocycles. The molecule has 2 aliphatic rings. The van der Waals surface area contributed by atoms with E-state index in [-0.39, 0.29) is 6.42 Å². The minimum absolute atomic E-state index is 0.249. The van der Waals surface area contributed by atoms with Gasteiger partial charge in [-0.2, -0.15) is 0 Å². The average Bonchev–Trinajstić information content (AvgIpc) is 2.72. The molecular weight excluding hydrogens is 364 g/mol. The number of fused-ring (bicyclic) bond motifs is 1. The molecule has 6 heteroatoms. The van der Waals surface area contributed by atoms with E-state index in [4.69, 9.17) is 0 Å². The third-order valence-electron chi connectivity index (χ3n) is 6.59. The van der Waals surface area contributed by atoms with Crippen molar-refractivity contribution in [3.05, 3.63) is 36.0 Å². The van der Waals surface area contributed by atoms with Crippen molar-refractivity contribution in [3.63, 3.8) is 0 Å². The third-order valence-corrected chi connectivity index (χ3v) is 6.59. The van der Waals surface area contributed by atoms with Gasteiger partial charge in [-0.15, -0.1) is 0 Å². The fourth-order valence-corrected chi connectivity index (χ4v) is 5.01. The molecule has 0 spiro atoms. The zero-order valence-corrected chi connectivity index (χ0v) is 17.5. The second-order valence-corrected chi connectivity index (χ2v) is 8.63. The molecule has 6 nitrogen and oxygen atoms in total. The largest absolute Gasteiger partial charge is 0.481 e. The van der Waals surface area contributed by atoms with Gasteiger partial charge in [0, 0.05) is 68.5 Å². The van der Waals surface area contributed by atoms with E-state index in [2.05, 4.69) is 57.9 Å². The van der Waals surface area contributed by atoms with E-state index in [1.54, 1.807) is 0 Å². The highest BCUT2D eigenvalue weighted by Crippen LogP contribution is 2.33. The molecule has 0 radical (unpaired) electrons. The number of aryl methyl sites for hydroxylation is 1. The van der Waals surface area contributed by atoms with Crippen molar-refractivity contribution in [2.24, 2.45) is 5.92 Å². The van der Waals surface area contributed by atoms with E-state index in [1.165, 1.54) is 11.1 Å². The Bertz CT molecular complexity index is 863. The summed E-state index contributed by atoms with van der Waals surface area (Å²) in [5, 5.41) is 10.5. The van der Waals surface area contributed by atoms with Crippen LogP contribution < -0.4 is 4.90 Å². The number of para-hydroxylation sites is 1. The van der Waals surface area contributed by atoms with Gasteiger partial charge in [0.1, 0.15) is 0 Å². The van der Waals surface area contributed by atoms with Crippen LogP contribution in [0.2, 0.25) is 0 Å². The number of hydrogen-bond acceptors (Lipinski definition) is 5. The second kappa shape index (κ2) is 8.67. The van der Waals surface area contributed by atoms with Gasteiger partial charge in [0.05, 0.1) is 5.52 Å². The minimum atomic E-state index is -0.690. The molecule has 29 heavy (non-hydrogen) atoms. The standard InChI is InChI=1S/C23H32N4O2/c1-17-15-22(19-5-3-4-6-20(19)24-17)27-10-9-21(18(16-27)7-8-23(28)29)26-13-11-25(2)12-14-26/h3-6,15,18,21H,7-14,16H2,1-2H3,(H,28,29)/t18-,21+/m0/s1. The third kappa shape index (κ3) is 4.54. The summed E-state index contributed by atoms with van der Waals surface area (Å²) in [6, 6.07) is 11.0. The predicted molar refractivity (Wildman–Crippen MR) is 117 cm³/mol. The van der Waals surface area contributed by atoms with Gasteiger partial charge in [0.15, 0.2) is 0 Å². The van der Waals surface area contributed by atoms with Crippen LogP contribution in [0.25, 0.3) is 10.9 Å². The van der Waals surface area contributed by atoms with E-state index in [0.717, 1.165) is 63.3 Å². The lowest BCUT2D eigenvalue weighted by Crippen LogP contribution is -2.56. The first-order chi connectivity index (χ1) is 14.0. The van der Waals surface area contributed by atoms with Crippen molar-refractivity contribution in [3.8, 4) is 0 Å². The van der Waals surface area contributed by atoms with Crippen LogP contribution in [0.1, 0.15) is 25.0 Å². The molecule has 0 amide bonds. The monoisotopic (exact) mass is 396 g/mol. The summed E-state index contributed by atoms with van der Waals surface area (Å²) < 4.78 is 0. The van der Waals surface area contributed by atoms with Gasteiger partial charge in [0.2, 0.25) is 0 Å². The van der Waals surface area contributed by atoms with Crippen LogP contribution in [-0.2, 0) is 4.79 Å². The highest BCUT2D eigenvalue weighted by Gasteiger charge is 2.35. The van der Waals surface area contributed by atoms with Gasteiger partial charge in [-0.05, 0) is 44.9 Å². The molecule has 1 aromatic carbocycles. The lowest BCUT2D eigenvalue weighted by molar-refractivity contribution is -0.137. The summed E-state index contributed by atoms with van der Waals surface area (Å²) in [5.41, 5.74) is 3.30. The van der Waals surface area contributed by atoms with Crippen molar-refractivity contribution in [1.82, 2.24) is 14.8 Å². The van der Waals surface area contributed by atoms with Crippen LogP contribution in [0.5, 0.6) is 0 Å². The summed E-state index contributed by atoms with van der Waals surface area (Å²) in [5.74, 6) is -0.319. The Balaban J connectivity index is 1.58. The lowest BCUT2D eigenvalue weighted by atomic mass is 9.86. The Morgan fingerprint density at radius 3 is 2.69 bits per heavy atom. The van der Waals surface area contributed by atoms with Crippen LogP contribution in [0.15, 0.2) is 30.3 Å². The maximum atomic E-state index is 11.3. The number of pyridine rings is 1. The van der Waals surface area contributed by atoms with Crippen LogP contribution in [0.4, 0.5) is 5.69 Å². The Hall–Kier alpha value is -2.18. The lowest BCUT2D eigenvalue weighted by Gasteiger charge is -2.47. The zero-order chi connectivity index (χ0) is 20.4. The quantitative estimate of drug-likeness (QED) is 0.839. The van der Waals surface area contributed by atoms with Crippen LogP contribution in [0, 0.1) is 12.8 Å². The molecule has 0 aliphatic carbocycles. The number of nitrogens with zero attached hydrogens (tertiary/aromatic N) is 4. The number of anilines is 1. The molecule has 3 heterocycles. The number of piperazine rings is 1. The molecule has 2 fully saturated rings. The maximum absolute atomic E-state index is 11.3. The SMILES string of the molecule is Cc1cc(N2CC[C@@H](N3CCN(C)CC3)[C@@H](CCC(=O)O)C2)c2ccccc2n1. The topological polar surface area (TPSA) is 59.9 Å². The number of carboxylic acid groups (broad SMARTS) is 1. The molecule has 2 aromatic rings. The molecule has 2 atom stereocenters. The van der Waals surface area contributed by atoms with Crippen molar-refractivity contribution in [2.45, 2.75) is 32.2 Å². The average molecular weight is 397 g/mol. The van der Waals surface area contributed by atoms with Crippen molar-refractivity contribution >= 4 is 22.6 Å². The molecular formula is C23H32N4O2. The number of rotatable bonds is 5. The number of hydrogen-bond donors (Lipinski definition) is 1. The molecule has 4 rings (SSSR count). The molecule has 156 valence electrons. The van der Waals surface area contributed by atoms with Crippen molar-refractivity contribution < 1.29 is 9.90 Å². The molecule has 1 aromatic heterocycles. The second-order valence-electron chi connectivity index (χ2n) is 8.63. The number of piperidine rings is 1. The molecule has 0 bridgehead atoms. The van der Waals surface area contributed by atoms with E-state index in [1.807, 2.05) is 6.07 Å². The first kappa shape index (κ1) is 20.1. The Kier molecular flexibility index (Phi) is 6.01. The Morgan fingerprint density at radius 2 is 1.93 bits per heavy atom. The summed E-state index contributed by atoms with van der Waals surface area (Å²) >= 11 is 0. The van der Waals surface area contributed by atoms with E-state index in [0.29, 0.717) is 12.0 Å². The highest BCUT2D eigenvalue weighted by molar-refractivity contribution is 5.92. The normalized spacial score (nSPS) is 24.1. The minimum Gasteiger partial charge on any atom is -0.481 e. The summed E-state index contributed by atoms with van der Waals surface area (Å²) in [6.45, 7) is 8.34. The van der Waals surface area contributed by atoms with E-state index < -0.39 is 5.97 Å². The number of aliphatic carboxylic acids is 1. The van der Waals surface area contributed by atoms with Crippen LogP contribution >= 0.6 is 0 Å². The van der Waals surface area contributed by atoms with Crippen molar-refractivity contribution in [2.75, 3.05) is 51.2 Å². The summed E-state index contributed by atoms with van der Waals surface area (Å²) in [6.07, 6.45) is 2.08. The highest BCUT2D eigenvalue weighted by atomic mass is 16.4. The first-order valence-electron chi connectivity index (χ1n) is 10.8. The summed E-state index contributed by atoms with van der Waals surface area (Å²) in [4.78, 5) is 23.4. The number of aromatic nitrogens is 1. The van der Waals surface area contributed by atoms with Gasteiger partial charge in [0.25, 0.3) is 0 Å². The van der Waals surface area contributed by atoms with Gasteiger partial charge >= 0.3 is 5.97 Å². The van der Waals surface area contributed by atoms with Gasteiger partial charge in [-0.1, -0.05) is 18.2 Å². The van der Waals surface area contributed by atoms with Crippen LogP contribution in [-0.4, -0.2) is 78.2 Å². The molecule has 1 N–H and O–H groups in total. The fraction of sp³-hybridized carbons (Fsp3) is 0.565. The number of likely N-dealkylation sites (N-methyl/N-ethyl adjacent to an activating group) is 1. The van der Waals surface area contributed by atoms with E-state index in [9.17, 15) is 9.90 Å². The maximum Gasteiger partial charge on any atom is 0.303 e. The molecule has 0 unspecified atom stereocenters. The predicted octanol–water partition coefficient (Wildman–Crippen LogP) is 2.85. The van der Waals surface area contributed by atoms with Gasteiger partial charge < -0.3 is 14.9 Å². The van der Waals surface area contributed by atoms with Crippen molar-refractivity contribution in [1.29, 1.82) is 0 Å². The Morgan fingerprint density at radius 1 is 1.17 bits per heavy atom. The first-order valence-corrected chi connectivity index (χ1v) is 10.8.